The number of primary amides is 1. The van der Waals surface area contributed by atoms with E-state index in [9.17, 15) is 36.6 Å². The summed E-state index contributed by atoms with van der Waals surface area (Å²) in [5.41, 5.74) is 1.64. The molecule has 2 amide bonds. The Morgan fingerprint density at radius 1 is 1.25 bits per heavy atom. The Kier molecular flexibility index (Phi) is 5.85. The second-order valence-electron chi connectivity index (χ2n) is 7.54. The molecule has 7 nitrogen and oxygen atoms in total. The van der Waals surface area contributed by atoms with Crippen LogP contribution in [0.4, 0.5) is 27.6 Å². The fourth-order valence-electron chi connectivity index (χ4n) is 3.70. The van der Waals surface area contributed by atoms with Crippen LogP contribution in [-0.4, -0.2) is 39.8 Å². The standard InChI is InChI=1S/C20H18F5N3O4/c1-8-13(10-3-4-11(21)14(22)15(10)29)16(32-19(8,2)20(23,24)25)18(31)28-9-5-6-27-12(7-9)17(26)30/h3-8,13,16,29H,1-2H3,(H2,26,30)(H,27,28,31)/t8-,13-,16-,19-/m1/s1. The Labute approximate surface area is 178 Å². The Morgan fingerprint density at radius 2 is 1.91 bits per heavy atom. The minimum Gasteiger partial charge on any atom is -0.505 e. The molecule has 2 aromatic rings. The van der Waals surface area contributed by atoms with Gasteiger partial charge in [0.2, 0.25) is 5.82 Å². The smallest absolute Gasteiger partial charge is 0.417 e. The largest absolute Gasteiger partial charge is 0.505 e. The first-order valence-corrected chi connectivity index (χ1v) is 9.26. The van der Waals surface area contributed by atoms with Crippen molar-refractivity contribution in [2.45, 2.75) is 37.6 Å². The zero-order valence-corrected chi connectivity index (χ0v) is 16.7. The molecule has 4 N–H and O–H groups in total. The van der Waals surface area contributed by atoms with E-state index in [-0.39, 0.29) is 11.4 Å². The van der Waals surface area contributed by atoms with E-state index in [0.717, 1.165) is 32.2 Å². The first-order valence-electron chi connectivity index (χ1n) is 9.26. The van der Waals surface area contributed by atoms with Crippen LogP contribution in [0.5, 0.6) is 5.75 Å². The topological polar surface area (TPSA) is 115 Å². The third-order valence-corrected chi connectivity index (χ3v) is 5.67. The second-order valence-corrected chi connectivity index (χ2v) is 7.54. The fraction of sp³-hybridized carbons (Fsp3) is 0.350. The van der Waals surface area contributed by atoms with Crippen LogP contribution in [-0.2, 0) is 9.53 Å². The number of pyridine rings is 1. The highest BCUT2D eigenvalue weighted by atomic mass is 19.4. The number of benzene rings is 1. The lowest BCUT2D eigenvalue weighted by Gasteiger charge is -2.31. The number of aromatic nitrogens is 1. The summed E-state index contributed by atoms with van der Waals surface area (Å²) < 4.78 is 74.0. The molecule has 1 aromatic carbocycles. The van der Waals surface area contributed by atoms with Gasteiger partial charge in [-0.05, 0) is 25.1 Å². The number of hydrogen-bond donors (Lipinski definition) is 3. The number of carbonyl (C=O) groups excluding carboxylic acids is 2. The van der Waals surface area contributed by atoms with E-state index in [4.69, 9.17) is 10.5 Å². The normalized spacial score (nSPS) is 25.5. The molecule has 1 aliphatic rings. The van der Waals surface area contributed by atoms with Crippen molar-refractivity contribution in [3.8, 4) is 5.75 Å². The number of halogens is 5. The molecular weight excluding hydrogens is 441 g/mol. The lowest BCUT2D eigenvalue weighted by molar-refractivity contribution is -0.272. The molecule has 0 bridgehead atoms. The molecule has 0 aliphatic carbocycles. The van der Waals surface area contributed by atoms with Crippen molar-refractivity contribution >= 4 is 17.5 Å². The van der Waals surface area contributed by atoms with Crippen molar-refractivity contribution in [2.24, 2.45) is 11.7 Å². The fourth-order valence-corrected chi connectivity index (χ4v) is 3.70. The number of aromatic hydroxyl groups is 1. The zero-order chi connectivity index (χ0) is 24.0. The summed E-state index contributed by atoms with van der Waals surface area (Å²) in [7, 11) is 0. The molecule has 4 atom stereocenters. The van der Waals surface area contributed by atoms with E-state index in [1.807, 2.05) is 0 Å². The summed E-state index contributed by atoms with van der Waals surface area (Å²) >= 11 is 0. The van der Waals surface area contributed by atoms with Crippen LogP contribution in [0.25, 0.3) is 0 Å². The first-order chi connectivity index (χ1) is 14.8. The van der Waals surface area contributed by atoms with Gasteiger partial charge in [-0.15, -0.1) is 0 Å². The summed E-state index contributed by atoms with van der Waals surface area (Å²) in [6.07, 6.45) is -5.63. The van der Waals surface area contributed by atoms with Crippen molar-refractivity contribution in [2.75, 3.05) is 5.32 Å². The van der Waals surface area contributed by atoms with Crippen LogP contribution >= 0.6 is 0 Å². The number of ether oxygens (including phenoxy) is 1. The highest BCUT2D eigenvalue weighted by Crippen LogP contribution is 2.54. The van der Waals surface area contributed by atoms with Crippen LogP contribution in [0, 0.1) is 17.6 Å². The molecule has 0 saturated carbocycles. The van der Waals surface area contributed by atoms with Gasteiger partial charge in [0.1, 0.15) is 11.8 Å². The predicted octanol–water partition coefficient (Wildman–Crippen LogP) is 3.24. The lowest BCUT2D eigenvalue weighted by Crippen LogP contribution is -2.47. The van der Waals surface area contributed by atoms with Crippen molar-refractivity contribution < 1.29 is 41.4 Å². The van der Waals surface area contributed by atoms with Crippen LogP contribution in [0.15, 0.2) is 30.5 Å². The summed E-state index contributed by atoms with van der Waals surface area (Å²) in [5.74, 6) is -9.22. The molecule has 3 rings (SSSR count). The average molecular weight is 459 g/mol. The molecule has 32 heavy (non-hydrogen) atoms. The lowest BCUT2D eigenvalue weighted by atomic mass is 9.77. The number of rotatable bonds is 4. The number of nitrogens with zero attached hydrogens (tertiary/aromatic N) is 1. The van der Waals surface area contributed by atoms with Crippen LogP contribution in [0.2, 0.25) is 0 Å². The van der Waals surface area contributed by atoms with E-state index >= 15 is 0 Å². The highest BCUT2D eigenvalue weighted by molar-refractivity contribution is 5.97. The maximum absolute atomic E-state index is 14.0. The molecule has 0 unspecified atom stereocenters. The minimum absolute atomic E-state index is 0.0103. The Hall–Kier alpha value is -3.28. The van der Waals surface area contributed by atoms with Gasteiger partial charge in [-0.25, -0.2) is 4.39 Å². The van der Waals surface area contributed by atoms with Gasteiger partial charge < -0.3 is 20.9 Å². The minimum atomic E-state index is -4.93. The molecule has 172 valence electrons. The van der Waals surface area contributed by atoms with Gasteiger partial charge in [-0.3, -0.25) is 14.6 Å². The maximum atomic E-state index is 14.0. The molecular formula is C20H18F5N3O4. The maximum Gasteiger partial charge on any atom is 0.417 e. The molecule has 1 aliphatic heterocycles. The monoisotopic (exact) mass is 459 g/mol. The van der Waals surface area contributed by atoms with Gasteiger partial charge in [-0.1, -0.05) is 13.0 Å². The van der Waals surface area contributed by atoms with Gasteiger partial charge >= 0.3 is 6.18 Å². The molecule has 1 fully saturated rings. The number of alkyl halides is 3. The van der Waals surface area contributed by atoms with E-state index in [0.29, 0.717) is 6.07 Å². The summed E-state index contributed by atoms with van der Waals surface area (Å²) in [6.45, 7) is 1.86. The summed E-state index contributed by atoms with van der Waals surface area (Å²) in [4.78, 5) is 27.9. The van der Waals surface area contributed by atoms with Crippen LogP contribution in [0.1, 0.15) is 35.8 Å². The van der Waals surface area contributed by atoms with E-state index in [1.54, 1.807) is 0 Å². The Bertz CT molecular complexity index is 1080. The van der Waals surface area contributed by atoms with E-state index in [2.05, 4.69) is 10.3 Å². The van der Waals surface area contributed by atoms with Gasteiger partial charge in [0.05, 0.1) is 0 Å². The number of hydrogen-bond acceptors (Lipinski definition) is 5. The average Bonchev–Trinajstić information content (AvgIpc) is 2.99. The molecule has 1 aromatic heterocycles. The predicted molar refractivity (Wildman–Crippen MR) is 101 cm³/mol. The molecule has 12 heteroatoms. The van der Waals surface area contributed by atoms with Crippen LogP contribution < -0.4 is 11.1 Å². The Balaban J connectivity index is 2.05. The van der Waals surface area contributed by atoms with Gasteiger partial charge in [0.15, 0.2) is 17.2 Å². The molecule has 1 saturated heterocycles. The number of nitrogens with one attached hydrogen (secondary N) is 1. The number of anilines is 1. The molecule has 0 spiro atoms. The number of carbonyl (C=O) groups is 2. The number of nitrogens with two attached hydrogens (primary N) is 1. The second kappa shape index (κ2) is 8.01. The summed E-state index contributed by atoms with van der Waals surface area (Å²) in [6, 6.07) is 3.90. The zero-order valence-electron chi connectivity index (χ0n) is 16.7. The SMILES string of the molecule is C[C@@H]1[C@H](c2ccc(F)c(F)c2O)[C@H](C(=O)Nc2ccnc(C(N)=O)c2)O[C@@]1(C)C(F)(F)F. The third-order valence-electron chi connectivity index (χ3n) is 5.67. The van der Waals surface area contributed by atoms with Gasteiger partial charge in [0.25, 0.3) is 11.8 Å². The van der Waals surface area contributed by atoms with Gasteiger partial charge in [0, 0.05) is 29.3 Å². The summed E-state index contributed by atoms with van der Waals surface area (Å²) in [5, 5.41) is 12.4. The Morgan fingerprint density at radius 3 is 2.50 bits per heavy atom. The number of amides is 2. The van der Waals surface area contributed by atoms with E-state index < -0.39 is 64.5 Å². The van der Waals surface area contributed by atoms with Crippen molar-refractivity contribution in [1.82, 2.24) is 4.98 Å². The van der Waals surface area contributed by atoms with Crippen LogP contribution in [0.3, 0.4) is 0 Å². The first kappa shape index (κ1) is 23.4. The van der Waals surface area contributed by atoms with Crippen molar-refractivity contribution in [3.63, 3.8) is 0 Å². The number of phenols is 1. The van der Waals surface area contributed by atoms with Crippen molar-refractivity contribution in [1.29, 1.82) is 0 Å². The molecule has 2 heterocycles. The third kappa shape index (κ3) is 3.85. The quantitative estimate of drug-likeness (QED) is 0.608. The number of phenolic OH excluding ortho intramolecular Hbond substituents is 1. The molecule has 0 radical (unpaired) electrons. The van der Waals surface area contributed by atoms with Gasteiger partial charge in [-0.2, -0.15) is 17.6 Å². The van der Waals surface area contributed by atoms with Crippen molar-refractivity contribution in [3.05, 3.63) is 53.4 Å². The van der Waals surface area contributed by atoms with E-state index in [1.165, 1.54) is 6.07 Å². The highest BCUT2D eigenvalue weighted by Gasteiger charge is 2.65.